The zero-order chi connectivity index (χ0) is 33.3. The van der Waals surface area contributed by atoms with Gasteiger partial charge in [-0.15, -0.1) is 0 Å². The Hall–Kier alpha value is -3.63. The number of nitrogens with zero attached hydrogens (tertiary/aromatic N) is 2. The number of primary amides is 1. The molecule has 2 aliphatic carbocycles. The van der Waals surface area contributed by atoms with E-state index in [4.69, 9.17) is 10.5 Å². The first-order chi connectivity index (χ1) is 21.8. The number of nitrogens with one attached hydrogen (secondary N) is 1. The highest BCUT2D eigenvalue weighted by Gasteiger charge is 2.52. The van der Waals surface area contributed by atoms with Crippen LogP contribution in [0.25, 0.3) is 10.9 Å². The number of aryl methyl sites for hydroxylation is 1. The summed E-state index contributed by atoms with van der Waals surface area (Å²) in [4.78, 5) is 54.7. The number of rotatable bonds is 8. The van der Waals surface area contributed by atoms with Crippen LogP contribution >= 0.6 is 0 Å². The molecule has 1 saturated heterocycles. The summed E-state index contributed by atoms with van der Waals surface area (Å²) in [7, 11) is 0. The standard InChI is InChI=1S/C35H49FN4O6/c1-20-24-12-8-9-13-27(24)39(29(20)33(43)44)28-18-25(21-10-6-5-7-11-21)30(31(37)41)40(28)32(42)23-16-14-22(15-17-23)26(19-36)38-34(45)46-35(2,3)4/h8-9,12-13,21-23,25-26,28,30H,5-7,10-11,14-19H2,1-4H3,(H2,37,41)(H,38,45)(H,43,44)/t22?,23?,25-,26?,28?,30-/m0/s1. The molecule has 4 N–H and O–H groups in total. The summed E-state index contributed by atoms with van der Waals surface area (Å²) < 4.78 is 21.2. The van der Waals surface area contributed by atoms with Gasteiger partial charge in [0.25, 0.3) is 0 Å². The minimum absolute atomic E-state index is 0.110. The first kappa shape index (κ1) is 33.7. The fourth-order valence-electron chi connectivity index (χ4n) is 8.48. The van der Waals surface area contributed by atoms with Crippen molar-refractivity contribution in [1.82, 2.24) is 14.8 Å². The molecule has 252 valence electrons. The number of hydrogen-bond acceptors (Lipinski definition) is 5. The Morgan fingerprint density at radius 1 is 1.04 bits per heavy atom. The van der Waals surface area contributed by atoms with Crippen molar-refractivity contribution < 1.29 is 33.4 Å². The molecule has 2 heterocycles. The number of fused-ring (bicyclic) bond motifs is 1. The number of aromatic carboxylic acids is 1. The van der Waals surface area contributed by atoms with Crippen LogP contribution in [-0.4, -0.2) is 62.8 Å². The molecule has 2 unspecified atom stereocenters. The van der Waals surface area contributed by atoms with Gasteiger partial charge in [-0.1, -0.05) is 50.3 Å². The zero-order valence-corrected chi connectivity index (χ0v) is 27.5. The molecular weight excluding hydrogens is 591 g/mol. The number of carboxylic acids is 1. The summed E-state index contributed by atoms with van der Waals surface area (Å²) in [5, 5.41) is 13.9. The highest BCUT2D eigenvalue weighted by Crippen LogP contribution is 2.48. The number of halogens is 1. The number of nitrogens with two attached hydrogens (primary N) is 1. The summed E-state index contributed by atoms with van der Waals surface area (Å²) in [5.74, 6) is -2.45. The smallest absolute Gasteiger partial charge is 0.407 e. The normalized spacial score (nSPS) is 26.5. The average Bonchev–Trinajstić information content (AvgIpc) is 3.55. The maximum absolute atomic E-state index is 14.6. The van der Waals surface area contributed by atoms with Gasteiger partial charge in [0, 0.05) is 11.3 Å². The number of alkyl carbamates (subject to hydrolysis) is 1. The number of alkyl halides is 1. The second-order valence-electron chi connectivity index (χ2n) is 14.6. The molecule has 0 spiro atoms. The molecule has 0 bridgehead atoms. The second-order valence-corrected chi connectivity index (χ2v) is 14.6. The Morgan fingerprint density at radius 3 is 2.28 bits per heavy atom. The number of ether oxygens (including phenoxy) is 1. The van der Waals surface area contributed by atoms with Crippen LogP contribution in [-0.2, 0) is 14.3 Å². The lowest BCUT2D eigenvalue weighted by molar-refractivity contribution is -0.146. The van der Waals surface area contributed by atoms with Crippen molar-refractivity contribution in [3.63, 3.8) is 0 Å². The van der Waals surface area contributed by atoms with Gasteiger partial charge < -0.3 is 30.4 Å². The van der Waals surface area contributed by atoms with Crippen molar-refractivity contribution in [3.05, 3.63) is 35.5 Å². The van der Waals surface area contributed by atoms with E-state index in [9.17, 15) is 28.7 Å². The van der Waals surface area contributed by atoms with Gasteiger partial charge in [-0.2, -0.15) is 0 Å². The third-order valence-electron chi connectivity index (χ3n) is 10.5. The first-order valence-electron chi connectivity index (χ1n) is 16.8. The number of likely N-dealkylation sites (tertiary alicyclic amines) is 1. The van der Waals surface area contributed by atoms with Crippen LogP contribution in [0.4, 0.5) is 9.18 Å². The van der Waals surface area contributed by atoms with E-state index in [-0.39, 0.29) is 29.4 Å². The van der Waals surface area contributed by atoms with Crippen LogP contribution in [0, 0.1) is 30.6 Å². The lowest BCUT2D eigenvalue weighted by Crippen LogP contribution is -2.52. The molecule has 3 fully saturated rings. The molecule has 5 rings (SSSR count). The lowest BCUT2D eigenvalue weighted by Gasteiger charge is -2.38. The van der Waals surface area contributed by atoms with E-state index in [2.05, 4.69) is 5.32 Å². The van der Waals surface area contributed by atoms with Crippen LogP contribution in [0.3, 0.4) is 0 Å². The molecule has 11 heteroatoms. The maximum atomic E-state index is 14.6. The third-order valence-corrected chi connectivity index (χ3v) is 10.5. The summed E-state index contributed by atoms with van der Waals surface area (Å²) >= 11 is 0. The summed E-state index contributed by atoms with van der Waals surface area (Å²) in [6.45, 7) is 6.27. The number of carbonyl (C=O) groups excluding carboxylic acids is 3. The first-order valence-corrected chi connectivity index (χ1v) is 16.8. The third kappa shape index (κ3) is 6.74. The maximum Gasteiger partial charge on any atom is 0.407 e. The highest BCUT2D eigenvalue weighted by atomic mass is 19.1. The van der Waals surface area contributed by atoms with E-state index in [0.717, 1.165) is 37.5 Å². The molecule has 10 nitrogen and oxygen atoms in total. The predicted octanol–water partition coefficient (Wildman–Crippen LogP) is 6.10. The Labute approximate surface area is 270 Å². The van der Waals surface area contributed by atoms with Gasteiger partial charge in [0.1, 0.15) is 30.2 Å². The number of para-hydroxylation sites is 1. The van der Waals surface area contributed by atoms with Crippen LogP contribution in [0.1, 0.15) is 107 Å². The SMILES string of the molecule is Cc1c(C(=O)O)n(C2C[C@@H](C3CCCCC3)[C@@H](C(N)=O)N2C(=O)C2CCC(C(CF)NC(=O)OC(C)(C)C)CC2)c2ccccc12. The Morgan fingerprint density at radius 2 is 1.70 bits per heavy atom. The number of aromatic nitrogens is 1. The number of hydrogen-bond donors (Lipinski definition) is 3. The van der Waals surface area contributed by atoms with E-state index in [1.165, 1.54) is 0 Å². The topological polar surface area (TPSA) is 144 Å². The van der Waals surface area contributed by atoms with Gasteiger partial charge >= 0.3 is 12.1 Å². The quantitative estimate of drug-likeness (QED) is 0.318. The number of carbonyl (C=O) groups is 4. The van der Waals surface area contributed by atoms with Gasteiger partial charge in [-0.25, -0.2) is 14.0 Å². The number of benzene rings is 1. The number of carboxylic acid groups (broad SMARTS) is 1. The van der Waals surface area contributed by atoms with Crippen LogP contribution < -0.4 is 11.1 Å². The van der Waals surface area contributed by atoms with Gasteiger partial charge in [-0.05, 0) is 89.2 Å². The van der Waals surface area contributed by atoms with E-state index >= 15 is 0 Å². The van der Waals surface area contributed by atoms with E-state index in [1.807, 2.05) is 24.3 Å². The second kappa shape index (κ2) is 13.6. The monoisotopic (exact) mass is 640 g/mol. The van der Waals surface area contributed by atoms with Gasteiger partial charge in [0.05, 0.1) is 11.6 Å². The van der Waals surface area contributed by atoms with Crippen LogP contribution in [0.15, 0.2) is 24.3 Å². The largest absolute Gasteiger partial charge is 0.477 e. The minimum atomic E-state index is -1.09. The molecule has 0 radical (unpaired) electrons. The molecule has 2 aromatic rings. The van der Waals surface area contributed by atoms with Crippen molar-refractivity contribution in [3.8, 4) is 0 Å². The molecule has 1 aromatic carbocycles. The summed E-state index contributed by atoms with van der Waals surface area (Å²) in [6, 6.07) is 5.88. The molecule has 3 aliphatic rings. The van der Waals surface area contributed by atoms with Crippen molar-refractivity contribution in [2.24, 2.45) is 29.4 Å². The molecular formula is C35H49FN4O6. The molecule has 1 aliphatic heterocycles. The van der Waals surface area contributed by atoms with Crippen molar-refractivity contribution in [2.45, 2.75) is 116 Å². The minimum Gasteiger partial charge on any atom is -0.477 e. The van der Waals surface area contributed by atoms with Crippen molar-refractivity contribution in [2.75, 3.05) is 6.67 Å². The predicted molar refractivity (Wildman–Crippen MR) is 172 cm³/mol. The van der Waals surface area contributed by atoms with E-state index < -0.39 is 54.4 Å². The Kier molecular flexibility index (Phi) is 9.98. The molecule has 46 heavy (non-hydrogen) atoms. The summed E-state index contributed by atoms with van der Waals surface area (Å²) in [5.41, 5.74) is 6.84. The summed E-state index contributed by atoms with van der Waals surface area (Å²) in [6.07, 6.45) is 6.14. The lowest BCUT2D eigenvalue weighted by atomic mass is 9.76. The van der Waals surface area contributed by atoms with Crippen LogP contribution in [0.5, 0.6) is 0 Å². The van der Waals surface area contributed by atoms with Crippen molar-refractivity contribution in [1.29, 1.82) is 0 Å². The van der Waals surface area contributed by atoms with Gasteiger partial charge in [-0.3, -0.25) is 9.59 Å². The van der Waals surface area contributed by atoms with Gasteiger partial charge in [0.2, 0.25) is 11.8 Å². The van der Waals surface area contributed by atoms with Crippen LogP contribution in [0.2, 0.25) is 0 Å². The van der Waals surface area contributed by atoms with E-state index in [1.54, 1.807) is 37.2 Å². The molecule has 3 amide bonds. The Balaban J connectivity index is 1.46. The average molecular weight is 641 g/mol. The zero-order valence-electron chi connectivity index (χ0n) is 27.5. The Bertz CT molecular complexity index is 1450. The number of amides is 3. The van der Waals surface area contributed by atoms with Crippen molar-refractivity contribution >= 4 is 34.8 Å². The molecule has 1 aromatic heterocycles. The highest BCUT2D eigenvalue weighted by molar-refractivity contribution is 5.98. The van der Waals surface area contributed by atoms with Gasteiger partial charge in [0.15, 0.2) is 0 Å². The fraction of sp³-hybridized carbons (Fsp3) is 0.657. The molecule has 2 saturated carbocycles. The molecule has 4 atom stereocenters. The fourth-order valence-corrected chi connectivity index (χ4v) is 8.48. The van der Waals surface area contributed by atoms with E-state index in [0.29, 0.717) is 43.2 Å².